The number of nitrogens with zero attached hydrogens (tertiary/aromatic N) is 1. The Bertz CT molecular complexity index is 238. The van der Waals surface area contributed by atoms with Crippen molar-refractivity contribution in [1.29, 1.82) is 0 Å². The minimum Gasteiger partial charge on any atom is -0.465 e. The van der Waals surface area contributed by atoms with Crippen LogP contribution in [0.2, 0.25) is 0 Å². The van der Waals surface area contributed by atoms with E-state index in [1.165, 1.54) is 0 Å². The van der Waals surface area contributed by atoms with E-state index in [1.807, 2.05) is 14.0 Å². The van der Waals surface area contributed by atoms with Crippen molar-refractivity contribution >= 4 is 5.97 Å². The number of esters is 1. The van der Waals surface area contributed by atoms with Crippen LogP contribution in [0.1, 0.15) is 34.1 Å². The predicted molar refractivity (Wildman–Crippen MR) is 64.3 cm³/mol. The highest BCUT2D eigenvalue weighted by atomic mass is 16.5. The molecule has 4 nitrogen and oxygen atoms in total. The molecule has 1 aliphatic heterocycles. The van der Waals surface area contributed by atoms with E-state index in [9.17, 15) is 4.79 Å². The van der Waals surface area contributed by atoms with Crippen LogP contribution in [0.4, 0.5) is 0 Å². The van der Waals surface area contributed by atoms with Crippen molar-refractivity contribution in [2.75, 3.05) is 20.2 Å². The van der Waals surface area contributed by atoms with Gasteiger partial charge in [0.2, 0.25) is 0 Å². The summed E-state index contributed by atoms with van der Waals surface area (Å²) in [5.41, 5.74) is -0.516. The first-order valence-corrected chi connectivity index (χ1v) is 6.06. The van der Waals surface area contributed by atoms with Crippen molar-refractivity contribution in [2.45, 2.75) is 51.7 Å². The molecule has 2 unspecified atom stereocenters. The predicted octanol–water partition coefficient (Wildman–Crippen LogP) is 1.01. The second kappa shape index (κ2) is 5.15. The summed E-state index contributed by atoms with van der Waals surface area (Å²) in [4.78, 5) is 14.3. The number of nitrogens with one attached hydrogen (secondary N) is 1. The molecule has 0 aliphatic carbocycles. The van der Waals surface area contributed by atoms with Crippen molar-refractivity contribution in [3.8, 4) is 0 Å². The molecule has 1 fully saturated rings. The van der Waals surface area contributed by atoms with Crippen molar-refractivity contribution in [1.82, 2.24) is 10.2 Å². The van der Waals surface area contributed by atoms with E-state index in [4.69, 9.17) is 4.74 Å². The van der Waals surface area contributed by atoms with E-state index in [1.54, 1.807) is 0 Å². The van der Waals surface area contributed by atoms with Gasteiger partial charge < -0.3 is 9.64 Å². The van der Waals surface area contributed by atoms with Gasteiger partial charge in [0.15, 0.2) is 0 Å². The van der Waals surface area contributed by atoms with Gasteiger partial charge >= 0.3 is 5.97 Å². The lowest BCUT2D eigenvalue weighted by atomic mass is 9.95. The third-order valence-corrected chi connectivity index (χ3v) is 3.15. The van der Waals surface area contributed by atoms with Gasteiger partial charge in [-0.25, -0.2) is 4.79 Å². The van der Waals surface area contributed by atoms with Gasteiger partial charge in [-0.3, -0.25) is 5.32 Å². The molecule has 1 heterocycles. The number of carbonyl (C=O) groups is 1. The SMILES string of the molecule is CCOC(=O)C1(NC(C)C)CC(C)N(C)C1. The number of likely N-dealkylation sites (tertiary alicyclic amines) is 1. The van der Waals surface area contributed by atoms with Gasteiger partial charge in [0, 0.05) is 18.6 Å². The van der Waals surface area contributed by atoms with Crippen LogP contribution in [0.5, 0.6) is 0 Å². The van der Waals surface area contributed by atoms with Crippen LogP contribution in [0.25, 0.3) is 0 Å². The van der Waals surface area contributed by atoms with Gasteiger partial charge in [0.25, 0.3) is 0 Å². The molecule has 0 aromatic heterocycles. The molecular formula is C12H24N2O2. The number of ether oxygens (including phenoxy) is 1. The van der Waals surface area contributed by atoms with Crippen molar-refractivity contribution in [3.05, 3.63) is 0 Å². The molecule has 0 aromatic carbocycles. The zero-order valence-corrected chi connectivity index (χ0v) is 11.0. The summed E-state index contributed by atoms with van der Waals surface area (Å²) in [5, 5.41) is 3.38. The van der Waals surface area contributed by atoms with Crippen LogP contribution in [-0.4, -0.2) is 48.7 Å². The fraction of sp³-hybridized carbons (Fsp3) is 0.917. The minimum atomic E-state index is -0.516. The minimum absolute atomic E-state index is 0.111. The first-order chi connectivity index (χ1) is 7.41. The highest BCUT2D eigenvalue weighted by Crippen LogP contribution is 2.27. The van der Waals surface area contributed by atoms with Crippen LogP contribution >= 0.6 is 0 Å². The lowest BCUT2D eigenvalue weighted by molar-refractivity contribution is -0.151. The number of likely N-dealkylation sites (N-methyl/N-ethyl adjacent to an activating group) is 1. The van der Waals surface area contributed by atoms with Gasteiger partial charge in [-0.2, -0.15) is 0 Å². The fourth-order valence-electron chi connectivity index (χ4n) is 2.44. The zero-order valence-electron chi connectivity index (χ0n) is 11.0. The molecule has 0 spiro atoms. The molecule has 0 saturated carbocycles. The van der Waals surface area contributed by atoms with Gasteiger partial charge in [-0.1, -0.05) is 0 Å². The number of rotatable bonds is 4. The Morgan fingerprint density at radius 3 is 2.62 bits per heavy atom. The maximum Gasteiger partial charge on any atom is 0.327 e. The van der Waals surface area contributed by atoms with Crippen molar-refractivity contribution in [3.63, 3.8) is 0 Å². The first kappa shape index (κ1) is 13.5. The molecule has 16 heavy (non-hydrogen) atoms. The van der Waals surface area contributed by atoms with Crippen LogP contribution in [-0.2, 0) is 9.53 Å². The van der Waals surface area contributed by atoms with Gasteiger partial charge in [0.1, 0.15) is 5.54 Å². The zero-order chi connectivity index (χ0) is 12.3. The van der Waals surface area contributed by atoms with E-state index < -0.39 is 5.54 Å². The lowest BCUT2D eigenvalue weighted by Gasteiger charge is -2.30. The standard InChI is InChI=1S/C12H24N2O2/c1-6-16-11(15)12(13-9(2)3)7-10(4)14(5)8-12/h9-10,13H,6-8H2,1-5H3. The molecule has 94 valence electrons. The smallest absolute Gasteiger partial charge is 0.327 e. The highest BCUT2D eigenvalue weighted by molar-refractivity contribution is 5.82. The topological polar surface area (TPSA) is 41.6 Å². The second-order valence-electron chi connectivity index (χ2n) is 5.07. The van der Waals surface area contributed by atoms with E-state index in [0.717, 1.165) is 13.0 Å². The molecule has 1 aliphatic rings. The van der Waals surface area contributed by atoms with Crippen LogP contribution < -0.4 is 5.32 Å². The van der Waals surface area contributed by atoms with E-state index in [-0.39, 0.29) is 12.0 Å². The Kier molecular flexibility index (Phi) is 4.33. The van der Waals surface area contributed by atoms with Gasteiger partial charge in [0.05, 0.1) is 6.61 Å². The molecule has 2 atom stereocenters. The molecule has 0 aromatic rings. The van der Waals surface area contributed by atoms with Crippen LogP contribution in [0.3, 0.4) is 0 Å². The highest BCUT2D eigenvalue weighted by Gasteiger charge is 2.48. The third-order valence-electron chi connectivity index (χ3n) is 3.15. The summed E-state index contributed by atoms with van der Waals surface area (Å²) >= 11 is 0. The Balaban J connectivity index is 2.82. The summed E-state index contributed by atoms with van der Waals surface area (Å²) in [6, 6.07) is 0.693. The maximum absolute atomic E-state index is 12.1. The van der Waals surface area contributed by atoms with Crippen molar-refractivity contribution in [2.24, 2.45) is 0 Å². The lowest BCUT2D eigenvalue weighted by Crippen LogP contribution is -2.57. The summed E-state index contributed by atoms with van der Waals surface area (Å²) < 4.78 is 5.20. The molecular weight excluding hydrogens is 204 g/mol. The molecule has 0 radical (unpaired) electrons. The van der Waals surface area contributed by atoms with E-state index in [2.05, 4.69) is 31.0 Å². The Labute approximate surface area is 98.3 Å². The summed E-state index contributed by atoms with van der Waals surface area (Å²) in [5.74, 6) is -0.111. The molecule has 1 N–H and O–H groups in total. The maximum atomic E-state index is 12.1. The monoisotopic (exact) mass is 228 g/mol. The average molecular weight is 228 g/mol. The molecule has 1 saturated heterocycles. The molecule has 0 amide bonds. The van der Waals surface area contributed by atoms with E-state index in [0.29, 0.717) is 12.6 Å². The average Bonchev–Trinajstić information content (AvgIpc) is 2.42. The number of hydrogen-bond donors (Lipinski definition) is 1. The molecule has 4 heteroatoms. The third kappa shape index (κ3) is 2.74. The Hall–Kier alpha value is -0.610. The van der Waals surface area contributed by atoms with Crippen molar-refractivity contribution < 1.29 is 9.53 Å². The molecule has 0 bridgehead atoms. The van der Waals surface area contributed by atoms with Gasteiger partial charge in [-0.05, 0) is 41.2 Å². The largest absolute Gasteiger partial charge is 0.465 e. The Morgan fingerprint density at radius 1 is 1.62 bits per heavy atom. The van der Waals surface area contributed by atoms with Crippen LogP contribution in [0.15, 0.2) is 0 Å². The number of hydrogen-bond acceptors (Lipinski definition) is 4. The summed E-state index contributed by atoms with van der Waals surface area (Å²) in [7, 11) is 2.05. The van der Waals surface area contributed by atoms with E-state index >= 15 is 0 Å². The fourth-order valence-corrected chi connectivity index (χ4v) is 2.44. The first-order valence-electron chi connectivity index (χ1n) is 6.06. The Morgan fingerprint density at radius 2 is 2.25 bits per heavy atom. The molecule has 1 rings (SSSR count). The summed E-state index contributed by atoms with van der Waals surface area (Å²) in [6.45, 7) is 9.28. The van der Waals surface area contributed by atoms with Gasteiger partial charge in [-0.15, -0.1) is 0 Å². The normalized spacial score (nSPS) is 31.0. The number of carbonyl (C=O) groups excluding carboxylic acids is 1. The second-order valence-corrected chi connectivity index (χ2v) is 5.07. The van der Waals surface area contributed by atoms with Crippen LogP contribution in [0, 0.1) is 0 Å². The summed E-state index contributed by atoms with van der Waals surface area (Å²) in [6.07, 6.45) is 0.820. The quantitative estimate of drug-likeness (QED) is 0.729.